The first-order chi connectivity index (χ1) is 13.4. The lowest BCUT2D eigenvalue weighted by Crippen LogP contribution is -2.23. The molecule has 0 unspecified atom stereocenters. The van der Waals surface area contributed by atoms with E-state index in [1.54, 1.807) is 17.8 Å². The average molecular weight is 414 g/mol. The molecule has 0 saturated heterocycles. The van der Waals surface area contributed by atoms with Gasteiger partial charge in [0.05, 0.1) is 5.69 Å². The summed E-state index contributed by atoms with van der Waals surface area (Å²) in [6.45, 7) is 3.92. The van der Waals surface area contributed by atoms with Gasteiger partial charge in [0.1, 0.15) is 0 Å². The SMILES string of the molecule is Cc1ccc(SCc2cc(=O)[nH]c(N=C(N)Nc3cccc(Cl)c3C)n2)cc1. The number of rotatable bonds is 5. The molecule has 1 aromatic heterocycles. The Morgan fingerprint density at radius 3 is 2.75 bits per heavy atom. The topological polar surface area (TPSA) is 96.2 Å². The zero-order valence-corrected chi connectivity index (χ0v) is 17.1. The van der Waals surface area contributed by atoms with E-state index in [2.05, 4.69) is 20.3 Å². The van der Waals surface area contributed by atoms with Gasteiger partial charge in [0.2, 0.25) is 11.9 Å². The molecule has 1 heterocycles. The number of H-pyrrole nitrogens is 1. The Balaban J connectivity index is 1.74. The summed E-state index contributed by atoms with van der Waals surface area (Å²) in [4.78, 5) is 24.2. The molecule has 0 aliphatic heterocycles. The van der Waals surface area contributed by atoms with Crippen molar-refractivity contribution >= 4 is 41.0 Å². The van der Waals surface area contributed by atoms with Crippen LogP contribution in [0, 0.1) is 13.8 Å². The van der Waals surface area contributed by atoms with E-state index in [1.165, 1.54) is 11.6 Å². The lowest BCUT2D eigenvalue weighted by atomic mass is 10.2. The van der Waals surface area contributed by atoms with Gasteiger partial charge in [-0.05, 0) is 43.7 Å². The predicted molar refractivity (Wildman–Crippen MR) is 117 cm³/mol. The lowest BCUT2D eigenvalue weighted by Gasteiger charge is -2.09. The van der Waals surface area contributed by atoms with Gasteiger partial charge in [-0.25, -0.2) is 4.98 Å². The highest BCUT2D eigenvalue weighted by Crippen LogP contribution is 2.23. The van der Waals surface area contributed by atoms with E-state index in [0.29, 0.717) is 16.5 Å². The van der Waals surface area contributed by atoms with Crippen LogP contribution in [0.3, 0.4) is 0 Å². The number of aryl methyl sites for hydroxylation is 1. The summed E-state index contributed by atoms with van der Waals surface area (Å²) in [5.41, 5.74) is 9.11. The van der Waals surface area contributed by atoms with Gasteiger partial charge in [-0.2, -0.15) is 4.99 Å². The molecule has 0 saturated carbocycles. The second-order valence-corrected chi connectivity index (χ2v) is 7.65. The van der Waals surface area contributed by atoms with E-state index in [4.69, 9.17) is 17.3 Å². The zero-order chi connectivity index (χ0) is 20.1. The quantitative estimate of drug-likeness (QED) is 0.327. The zero-order valence-electron chi connectivity index (χ0n) is 15.5. The van der Waals surface area contributed by atoms with E-state index in [9.17, 15) is 4.79 Å². The molecule has 6 nitrogen and oxygen atoms in total. The van der Waals surface area contributed by atoms with Gasteiger partial charge in [0, 0.05) is 27.4 Å². The molecule has 0 aliphatic rings. The number of aromatic amines is 1. The van der Waals surface area contributed by atoms with Crippen molar-refractivity contribution in [3.8, 4) is 0 Å². The number of hydrogen-bond donors (Lipinski definition) is 3. The van der Waals surface area contributed by atoms with Crippen molar-refractivity contribution in [2.45, 2.75) is 24.5 Å². The molecule has 8 heteroatoms. The smallest absolute Gasteiger partial charge is 0.252 e. The molecule has 4 N–H and O–H groups in total. The maximum Gasteiger partial charge on any atom is 0.252 e. The summed E-state index contributed by atoms with van der Waals surface area (Å²) >= 11 is 7.71. The van der Waals surface area contributed by atoms with Gasteiger partial charge in [-0.3, -0.25) is 9.78 Å². The Bertz CT molecular complexity index is 1060. The molecule has 0 radical (unpaired) electrons. The van der Waals surface area contributed by atoms with Crippen molar-refractivity contribution in [2.24, 2.45) is 10.7 Å². The highest BCUT2D eigenvalue weighted by atomic mass is 35.5. The third-order valence-electron chi connectivity index (χ3n) is 3.95. The largest absolute Gasteiger partial charge is 0.369 e. The number of thioether (sulfide) groups is 1. The molecule has 0 atom stereocenters. The standard InChI is InChI=1S/C20H20ClN5OS/c1-12-6-8-15(9-7-12)28-11-14-10-18(27)25-20(23-14)26-19(22)24-17-5-3-4-16(21)13(17)2/h3-10H,11H2,1-2H3,(H4,22,23,24,25,26,27). The van der Waals surface area contributed by atoms with Crippen molar-refractivity contribution in [1.29, 1.82) is 0 Å². The number of guanidine groups is 1. The molecular formula is C20H20ClN5OS. The van der Waals surface area contributed by atoms with Crippen LogP contribution in [0.5, 0.6) is 0 Å². The minimum Gasteiger partial charge on any atom is -0.369 e. The molecule has 0 fully saturated rings. The Labute approximate surface area is 172 Å². The van der Waals surface area contributed by atoms with Crippen molar-refractivity contribution in [2.75, 3.05) is 5.32 Å². The fourth-order valence-corrected chi connectivity index (χ4v) is 3.40. The van der Waals surface area contributed by atoms with Crippen LogP contribution in [0.1, 0.15) is 16.8 Å². The van der Waals surface area contributed by atoms with E-state index in [0.717, 1.165) is 16.1 Å². The molecule has 2 aromatic carbocycles. The molecule has 0 spiro atoms. The number of anilines is 1. The highest BCUT2D eigenvalue weighted by Gasteiger charge is 2.06. The molecule has 3 aromatic rings. The number of hydrogen-bond acceptors (Lipinski definition) is 4. The highest BCUT2D eigenvalue weighted by molar-refractivity contribution is 7.98. The Morgan fingerprint density at radius 2 is 2.00 bits per heavy atom. The van der Waals surface area contributed by atoms with Crippen LogP contribution in [0.2, 0.25) is 5.02 Å². The van der Waals surface area contributed by atoms with Crippen LogP contribution in [-0.2, 0) is 5.75 Å². The number of aliphatic imine (C=N–C) groups is 1. The number of nitrogens with one attached hydrogen (secondary N) is 2. The van der Waals surface area contributed by atoms with Gasteiger partial charge in [-0.1, -0.05) is 35.4 Å². The first-order valence-corrected chi connectivity index (χ1v) is 9.93. The number of aromatic nitrogens is 2. The minimum atomic E-state index is -0.278. The Morgan fingerprint density at radius 1 is 1.25 bits per heavy atom. The van der Waals surface area contributed by atoms with Crippen LogP contribution >= 0.6 is 23.4 Å². The van der Waals surface area contributed by atoms with E-state index in [-0.39, 0.29) is 17.5 Å². The summed E-state index contributed by atoms with van der Waals surface area (Å²) in [7, 11) is 0. The van der Waals surface area contributed by atoms with Gasteiger partial charge in [-0.15, -0.1) is 11.8 Å². The number of nitrogens with zero attached hydrogens (tertiary/aromatic N) is 2. The second kappa shape index (κ2) is 8.95. The average Bonchev–Trinajstić information content (AvgIpc) is 2.64. The third-order valence-corrected chi connectivity index (χ3v) is 5.40. The molecule has 0 bridgehead atoms. The number of nitrogens with two attached hydrogens (primary N) is 1. The maximum absolute atomic E-state index is 12.0. The second-order valence-electron chi connectivity index (χ2n) is 6.20. The summed E-state index contributed by atoms with van der Waals surface area (Å²) in [5.74, 6) is 0.810. The van der Waals surface area contributed by atoms with E-state index >= 15 is 0 Å². The monoisotopic (exact) mass is 413 g/mol. The fourth-order valence-electron chi connectivity index (χ4n) is 2.44. The summed E-state index contributed by atoms with van der Waals surface area (Å²) < 4.78 is 0. The molecular weight excluding hydrogens is 394 g/mol. The number of benzene rings is 2. The summed E-state index contributed by atoms with van der Waals surface area (Å²) in [5, 5.41) is 3.60. The molecule has 0 aliphatic carbocycles. The van der Waals surface area contributed by atoms with Gasteiger partial charge in [0.15, 0.2) is 0 Å². The fraction of sp³-hybridized carbons (Fsp3) is 0.150. The van der Waals surface area contributed by atoms with E-state index in [1.807, 2.05) is 50.2 Å². The van der Waals surface area contributed by atoms with Crippen LogP contribution in [0.4, 0.5) is 11.6 Å². The van der Waals surface area contributed by atoms with E-state index < -0.39 is 0 Å². The summed E-state index contributed by atoms with van der Waals surface area (Å²) in [6, 6.07) is 15.1. The van der Waals surface area contributed by atoms with Crippen LogP contribution in [-0.4, -0.2) is 15.9 Å². The normalized spacial score (nSPS) is 11.5. The van der Waals surface area contributed by atoms with Crippen molar-refractivity contribution in [3.05, 3.63) is 80.7 Å². The molecule has 3 rings (SSSR count). The van der Waals surface area contributed by atoms with Crippen LogP contribution < -0.4 is 16.6 Å². The number of halogens is 1. The molecule has 0 amide bonds. The van der Waals surface area contributed by atoms with Crippen molar-refractivity contribution in [3.63, 3.8) is 0 Å². The predicted octanol–water partition coefficient (Wildman–Crippen LogP) is 4.39. The first kappa shape index (κ1) is 20.0. The molecule has 28 heavy (non-hydrogen) atoms. The first-order valence-electron chi connectivity index (χ1n) is 8.57. The van der Waals surface area contributed by atoms with Gasteiger partial charge in [0.25, 0.3) is 5.56 Å². The lowest BCUT2D eigenvalue weighted by molar-refractivity contribution is 1.04. The van der Waals surface area contributed by atoms with Crippen molar-refractivity contribution in [1.82, 2.24) is 9.97 Å². The third kappa shape index (κ3) is 5.37. The van der Waals surface area contributed by atoms with Crippen molar-refractivity contribution < 1.29 is 0 Å². The Hall–Kier alpha value is -2.77. The minimum absolute atomic E-state index is 0.108. The summed E-state index contributed by atoms with van der Waals surface area (Å²) in [6.07, 6.45) is 0. The molecule has 144 valence electrons. The van der Waals surface area contributed by atoms with Crippen LogP contribution in [0.25, 0.3) is 0 Å². The Kier molecular flexibility index (Phi) is 6.38. The van der Waals surface area contributed by atoms with Gasteiger partial charge >= 0.3 is 0 Å². The maximum atomic E-state index is 12.0. The van der Waals surface area contributed by atoms with Gasteiger partial charge < -0.3 is 11.1 Å². The van der Waals surface area contributed by atoms with Crippen LogP contribution in [0.15, 0.2) is 63.2 Å².